The Balaban J connectivity index is 1.54. The minimum absolute atomic E-state index is 0.0737. The molecule has 0 aliphatic carbocycles. The van der Waals surface area contributed by atoms with Crippen molar-refractivity contribution in [2.75, 3.05) is 11.1 Å². The first-order valence-electron chi connectivity index (χ1n) is 7.21. The van der Waals surface area contributed by atoms with E-state index in [4.69, 9.17) is 11.6 Å². The van der Waals surface area contributed by atoms with Gasteiger partial charge in [-0.3, -0.25) is 9.78 Å². The van der Waals surface area contributed by atoms with E-state index in [2.05, 4.69) is 15.3 Å². The summed E-state index contributed by atoms with van der Waals surface area (Å²) in [4.78, 5) is 22.3. The summed E-state index contributed by atoms with van der Waals surface area (Å²) in [6, 6.07) is 11.5. The SMILES string of the molecule is O=C(CSc1ccncc1)Nc1ncc(Cc2ccccc2Cl)s1. The summed E-state index contributed by atoms with van der Waals surface area (Å²) >= 11 is 9.10. The number of thiazole rings is 1. The van der Waals surface area contributed by atoms with Gasteiger partial charge < -0.3 is 5.32 Å². The van der Waals surface area contributed by atoms with Gasteiger partial charge in [-0.05, 0) is 23.8 Å². The molecule has 0 aliphatic heterocycles. The third-order valence-electron chi connectivity index (χ3n) is 3.14. The Morgan fingerprint density at radius 1 is 1.21 bits per heavy atom. The van der Waals surface area contributed by atoms with Crippen molar-refractivity contribution in [2.24, 2.45) is 0 Å². The normalized spacial score (nSPS) is 10.5. The number of rotatable bonds is 6. The monoisotopic (exact) mass is 375 g/mol. The van der Waals surface area contributed by atoms with Crippen LogP contribution in [0.3, 0.4) is 0 Å². The molecule has 0 unspecified atom stereocenters. The van der Waals surface area contributed by atoms with Crippen molar-refractivity contribution < 1.29 is 4.79 Å². The van der Waals surface area contributed by atoms with Gasteiger partial charge in [0.2, 0.25) is 5.91 Å². The zero-order chi connectivity index (χ0) is 16.8. The lowest BCUT2D eigenvalue weighted by atomic mass is 10.1. The Kier molecular flexibility index (Phi) is 5.85. The first kappa shape index (κ1) is 17.0. The lowest BCUT2D eigenvalue weighted by Crippen LogP contribution is -2.13. The highest BCUT2D eigenvalue weighted by atomic mass is 35.5. The Morgan fingerprint density at radius 3 is 2.79 bits per heavy atom. The van der Waals surface area contributed by atoms with Crippen molar-refractivity contribution in [1.29, 1.82) is 0 Å². The Bertz CT molecular complexity index is 823. The highest BCUT2D eigenvalue weighted by molar-refractivity contribution is 8.00. The molecule has 24 heavy (non-hydrogen) atoms. The van der Waals surface area contributed by atoms with E-state index in [1.54, 1.807) is 18.6 Å². The minimum Gasteiger partial charge on any atom is -0.301 e. The summed E-state index contributed by atoms with van der Waals surface area (Å²) in [5.74, 6) is 0.263. The van der Waals surface area contributed by atoms with E-state index in [9.17, 15) is 4.79 Å². The van der Waals surface area contributed by atoms with Gasteiger partial charge in [0.15, 0.2) is 5.13 Å². The molecule has 0 saturated carbocycles. The molecule has 0 aliphatic rings. The topological polar surface area (TPSA) is 54.9 Å². The molecule has 0 radical (unpaired) electrons. The van der Waals surface area contributed by atoms with Crippen LogP contribution in [0.5, 0.6) is 0 Å². The van der Waals surface area contributed by atoms with Crippen molar-refractivity contribution in [1.82, 2.24) is 9.97 Å². The second kappa shape index (κ2) is 8.28. The molecule has 1 amide bonds. The fourth-order valence-corrected chi connectivity index (χ4v) is 3.75. The molecule has 2 aromatic heterocycles. The first-order valence-corrected chi connectivity index (χ1v) is 9.39. The molecule has 7 heteroatoms. The predicted octanol–water partition coefficient (Wildman–Crippen LogP) is 4.51. The van der Waals surface area contributed by atoms with Crippen LogP contribution in [0.25, 0.3) is 0 Å². The number of carbonyl (C=O) groups is 1. The summed E-state index contributed by atoms with van der Waals surface area (Å²) in [5.41, 5.74) is 1.05. The highest BCUT2D eigenvalue weighted by Crippen LogP contribution is 2.25. The minimum atomic E-state index is -0.0737. The smallest absolute Gasteiger partial charge is 0.236 e. The van der Waals surface area contributed by atoms with Crippen molar-refractivity contribution >= 4 is 45.7 Å². The van der Waals surface area contributed by atoms with Gasteiger partial charge in [0.05, 0.1) is 5.75 Å². The number of nitrogens with zero attached hydrogens (tertiary/aromatic N) is 2. The zero-order valence-electron chi connectivity index (χ0n) is 12.6. The van der Waals surface area contributed by atoms with Crippen LogP contribution in [0, 0.1) is 0 Å². The van der Waals surface area contributed by atoms with Gasteiger partial charge in [-0.25, -0.2) is 4.98 Å². The van der Waals surface area contributed by atoms with E-state index in [0.29, 0.717) is 17.3 Å². The third kappa shape index (κ3) is 4.80. The van der Waals surface area contributed by atoms with Crippen LogP contribution >= 0.6 is 34.7 Å². The number of amides is 1. The maximum atomic E-state index is 12.0. The van der Waals surface area contributed by atoms with Gasteiger partial charge in [-0.1, -0.05) is 29.8 Å². The van der Waals surface area contributed by atoms with Crippen LogP contribution in [0.1, 0.15) is 10.4 Å². The molecule has 4 nitrogen and oxygen atoms in total. The number of nitrogens with one attached hydrogen (secondary N) is 1. The molecular formula is C17H14ClN3OS2. The zero-order valence-corrected chi connectivity index (χ0v) is 15.0. The number of pyridine rings is 1. The molecule has 0 fully saturated rings. The molecule has 0 bridgehead atoms. The second-order valence-corrected chi connectivity index (χ2v) is 7.49. The Morgan fingerprint density at radius 2 is 2.00 bits per heavy atom. The molecule has 0 saturated heterocycles. The molecule has 2 heterocycles. The van der Waals surface area contributed by atoms with E-state index in [-0.39, 0.29) is 5.91 Å². The maximum Gasteiger partial charge on any atom is 0.236 e. The largest absolute Gasteiger partial charge is 0.301 e. The van der Waals surface area contributed by atoms with Gasteiger partial charge in [0.1, 0.15) is 0 Å². The quantitative estimate of drug-likeness (QED) is 0.644. The number of hydrogen-bond acceptors (Lipinski definition) is 5. The molecule has 0 atom stereocenters. The van der Waals surface area contributed by atoms with E-state index in [1.165, 1.54) is 23.1 Å². The van der Waals surface area contributed by atoms with E-state index in [0.717, 1.165) is 20.4 Å². The maximum absolute atomic E-state index is 12.0. The summed E-state index contributed by atoms with van der Waals surface area (Å²) in [5, 5.41) is 4.18. The lowest BCUT2D eigenvalue weighted by molar-refractivity contribution is -0.113. The van der Waals surface area contributed by atoms with Gasteiger partial charge in [-0.15, -0.1) is 23.1 Å². The summed E-state index contributed by atoms with van der Waals surface area (Å²) in [6.45, 7) is 0. The number of anilines is 1. The number of halogens is 1. The first-order chi connectivity index (χ1) is 11.7. The van der Waals surface area contributed by atoms with Crippen LogP contribution in [-0.4, -0.2) is 21.6 Å². The fraction of sp³-hybridized carbons (Fsp3) is 0.118. The number of benzene rings is 1. The highest BCUT2D eigenvalue weighted by Gasteiger charge is 2.09. The van der Waals surface area contributed by atoms with Crippen molar-refractivity contribution in [2.45, 2.75) is 11.3 Å². The van der Waals surface area contributed by atoms with Gasteiger partial charge in [0.25, 0.3) is 0 Å². The van der Waals surface area contributed by atoms with Crippen molar-refractivity contribution in [3.8, 4) is 0 Å². The van der Waals surface area contributed by atoms with Crippen molar-refractivity contribution in [3.63, 3.8) is 0 Å². The van der Waals surface area contributed by atoms with Crippen LogP contribution in [0.15, 0.2) is 59.9 Å². The van der Waals surface area contributed by atoms with Gasteiger partial charge >= 0.3 is 0 Å². The van der Waals surface area contributed by atoms with E-state index < -0.39 is 0 Å². The fourth-order valence-electron chi connectivity index (χ4n) is 2.02. The molecule has 3 aromatic rings. The number of thioether (sulfide) groups is 1. The summed E-state index contributed by atoms with van der Waals surface area (Å²) < 4.78 is 0. The molecule has 122 valence electrons. The summed E-state index contributed by atoms with van der Waals surface area (Å²) in [7, 11) is 0. The van der Waals surface area contributed by atoms with Crippen LogP contribution in [0.2, 0.25) is 5.02 Å². The van der Waals surface area contributed by atoms with Crippen LogP contribution < -0.4 is 5.32 Å². The molecule has 3 rings (SSSR count). The van der Waals surface area contributed by atoms with Gasteiger partial charge in [0, 0.05) is 39.8 Å². The molecule has 1 aromatic carbocycles. The number of hydrogen-bond donors (Lipinski definition) is 1. The Hall–Kier alpha value is -1.89. The van der Waals surface area contributed by atoms with Crippen LogP contribution in [0.4, 0.5) is 5.13 Å². The predicted molar refractivity (Wildman–Crippen MR) is 100.0 cm³/mol. The molecule has 1 N–H and O–H groups in total. The van der Waals surface area contributed by atoms with Crippen molar-refractivity contribution in [3.05, 3.63) is 70.5 Å². The number of aromatic nitrogens is 2. The van der Waals surface area contributed by atoms with Crippen LogP contribution in [-0.2, 0) is 11.2 Å². The van der Waals surface area contributed by atoms with Gasteiger partial charge in [-0.2, -0.15) is 0 Å². The average Bonchev–Trinajstić information content (AvgIpc) is 3.03. The third-order valence-corrected chi connectivity index (χ3v) is 5.44. The summed E-state index contributed by atoms with van der Waals surface area (Å²) in [6.07, 6.45) is 5.91. The van der Waals surface area contributed by atoms with E-state index >= 15 is 0 Å². The Labute approximate surface area is 153 Å². The van der Waals surface area contributed by atoms with E-state index in [1.807, 2.05) is 36.4 Å². The lowest BCUT2D eigenvalue weighted by Gasteiger charge is -2.02. The average molecular weight is 376 g/mol. The second-order valence-electron chi connectivity index (χ2n) is 4.92. The molecule has 0 spiro atoms. The number of carbonyl (C=O) groups excluding carboxylic acids is 1. The molecular weight excluding hydrogens is 362 g/mol. The standard InChI is InChI=1S/C17H14ClN3OS2/c18-15-4-2-1-3-12(15)9-14-10-20-17(24-14)21-16(22)11-23-13-5-7-19-8-6-13/h1-8,10H,9,11H2,(H,20,21,22).